The van der Waals surface area contributed by atoms with E-state index >= 15 is 0 Å². The number of benzene rings is 2. The van der Waals surface area contributed by atoms with Crippen molar-refractivity contribution in [3.8, 4) is 11.3 Å². The fraction of sp³-hybridized carbons (Fsp3) is 0.227. The lowest BCUT2D eigenvalue weighted by molar-refractivity contribution is -0.148. The molecule has 0 aliphatic rings. The number of nitrogens with one attached hydrogen (secondary N) is 1. The van der Waals surface area contributed by atoms with Gasteiger partial charge in [0.2, 0.25) is 0 Å². The van der Waals surface area contributed by atoms with Gasteiger partial charge in [0, 0.05) is 10.4 Å². The van der Waals surface area contributed by atoms with Crippen molar-refractivity contribution in [3.63, 3.8) is 0 Å². The van der Waals surface area contributed by atoms with Crippen molar-refractivity contribution in [2.75, 3.05) is 12.3 Å². The number of nitrogens with two attached hydrogens (primary N) is 1. The molecule has 3 aromatic rings. The third kappa shape index (κ3) is 5.65. The van der Waals surface area contributed by atoms with Crippen molar-refractivity contribution in [2.45, 2.75) is 26.3 Å². The summed E-state index contributed by atoms with van der Waals surface area (Å²) in [4.78, 5) is 29.4. The molecule has 0 aliphatic heterocycles. The van der Waals surface area contributed by atoms with Gasteiger partial charge in [-0.25, -0.2) is 4.98 Å². The Kier molecular flexibility index (Phi) is 6.61. The Balaban J connectivity index is 1.56. The number of anilines is 1. The van der Waals surface area contributed by atoms with Crippen LogP contribution in [0.4, 0.5) is 5.13 Å². The summed E-state index contributed by atoms with van der Waals surface area (Å²) in [6.45, 7) is 3.55. The summed E-state index contributed by atoms with van der Waals surface area (Å²) in [5.41, 5.74) is 9.52. The van der Waals surface area contributed by atoms with Crippen LogP contribution in [0.3, 0.4) is 0 Å². The van der Waals surface area contributed by atoms with Crippen LogP contribution in [0.2, 0.25) is 0 Å². The highest BCUT2D eigenvalue weighted by Crippen LogP contribution is 2.30. The SMILES string of the molecule is Cc1ccc(-c2nc(N)sc2CC(=O)OCC(=O)NC(C)c2ccccc2)cc1. The fourth-order valence-corrected chi connectivity index (χ4v) is 3.70. The van der Waals surface area contributed by atoms with Crippen LogP contribution in [0, 0.1) is 6.92 Å². The van der Waals surface area contributed by atoms with Crippen LogP contribution in [0.15, 0.2) is 54.6 Å². The summed E-state index contributed by atoms with van der Waals surface area (Å²) < 4.78 is 5.15. The highest BCUT2D eigenvalue weighted by molar-refractivity contribution is 7.15. The van der Waals surface area contributed by atoms with Crippen molar-refractivity contribution in [1.82, 2.24) is 10.3 Å². The molecule has 0 aliphatic carbocycles. The molecule has 0 bridgehead atoms. The zero-order chi connectivity index (χ0) is 20.8. The average molecular weight is 410 g/mol. The van der Waals surface area contributed by atoms with E-state index in [0.717, 1.165) is 21.6 Å². The highest BCUT2D eigenvalue weighted by atomic mass is 32.1. The molecule has 0 saturated carbocycles. The molecule has 1 unspecified atom stereocenters. The van der Waals surface area contributed by atoms with E-state index in [4.69, 9.17) is 10.5 Å². The van der Waals surface area contributed by atoms with Crippen LogP contribution >= 0.6 is 11.3 Å². The Morgan fingerprint density at radius 1 is 1.14 bits per heavy atom. The van der Waals surface area contributed by atoms with Gasteiger partial charge in [-0.1, -0.05) is 60.2 Å². The molecule has 1 atom stereocenters. The Morgan fingerprint density at radius 2 is 1.83 bits per heavy atom. The number of nitrogen functional groups attached to an aromatic ring is 1. The zero-order valence-electron chi connectivity index (χ0n) is 16.3. The number of nitrogens with zero attached hydrogens (tertiary/aromatic N) is 1. The van der Waals surface area contributed by atoms with E-state index in [1.165, 1.54) is 11.3 Å². The van der Waals surface area contributed by atoms with E-state index in [1.54, 1.807) is 0 Å². The van der Waals surface area contributed by atoms with E-state index < -0.39 is 5.97 Å². The maximum Gasteiger partial charge on any atom is 0.311 e. The van der Waals surface area contributed by atoms with Crippen LogP contribution in [0.5, 0.6) is 0 Å². The second kappa shape index (κ2) is 9.34. The topological polar surface area (TPSA) is 94.3 Å². The number of ether oxygens (including phenoxy) is 1. The summed E-state index contributed by atoms with van der Waals surface area (Å²) >= 11 is 1.25. The quantitative estimate of drug-likeness (QED) is 0.581. The number of esters is 1. The third-order valence-corrected chi connectivity index (χ3v) is 5.27. The number of thiazole rings is 1. The van der Waals surface area contributed by atoms with Crippen molar-refractivity contribution in [3.05, 3.63) is 70.6 Å². The van der Waals surface area contributed by atoms with Crippen LogP contribution in [-0.4, -0.2) is 23.5 Å². The number of carbonyl (C=O) groups is 2. The fourth-order valence-electron chi connectivity index (χ4n) is 2.86. The number of hydrogen-bond donors (Lipinski definition) is 2. The van der Waals surface area contributed by atoms with Gasteiger partial charge < -0.3 is 15.8 Å². The predicted molar refractivity (Wildman–Crippen MR) is 114 cm³/mol. The van der Waals surface area contributed by atoms with Gasteiger partial charge in [0.15, 0.2) is 11.7 Å². The molecule has 150 valence electrons. The molecule has 0 spiro atoms. The van der Waals surface area contributed by atoms with Crippen LogP contribution in [-0.2, 0) is 20.7 Å². The first-order chi connectivity index (χ1) is 13.9. The Morgan fingerprint density at radius 3 is 2.52 bits per heavy atom. The number of hydrogen-bond acceptors (Lipinski definition) is 6. The summed E-state index contributed by atoms with van der Waals surface area (Å²) in [7, 11) is 0. The van der Waals surface area contributed by atoms with Crippen LogP contribution in [0.25, 0.3) is 11.3 Å². The van der Waals surface area contributed by atoms with Crippen molar-refractivity contribution in [1.29, 1.82) is 0 Å². The minimum atomic E-state index is -0.496. The van der Waals surface area contributed by atoms with E-state index in [0.29, 0.717) is 10.8 Å². The molecule has 0 saturated heterocycles. The van der Waals surface area contributed by atoms with E-state index in [2.05, 4.69) is 10.3 Å². The van der Waals surface area contributed by atoms with Gasteiger partial charge in [-0.05, 0) is 19.4 Å². The van der Waals surface area contributed by atoms with E-state index in [9.17, 15) is 9.59 Å². The lowest BCUT2D eigenvalue weighted by atomic mass is 10.1. The highest BCUT2D eigenvalue weighted by Gasteiger charge is 2.17. The van der Waals surface area contributed by atoms with E-state index in [-0.39, 0.29) is 25.0 Å². The Hall–Kier alpha value is -3.19. The first kappa shape index (κ1) is 20.5. The minimum absolute atomic E-state index is 0.0135. The van der Waals surface area contributed by atoms with Gasteiger partial charge in [-0.15, -0.1) is 11.3 Å². The normalized spacial score (nSPS) is 11.7. The number of amides is 1. The van der Waals surface area contributed by atoms with Gasteiger partial charge in [-0.3, -0.25) is 9.59 Å². The molecule has 6 nitrogen and oxygen atoms in total. The molecule has 1 aromatic heterocycles. The lowest BCUT2D eigenvalue weighted by Crippen LogP contribution is -2.31. The summed E-state index contributed by atoms with van der Waals surface area (Å²) in [5.74, 6) is -0.846. The molecule has 3 rings (SSSR count). The number of carbonyl (C=O) groups excluding carboxylic acids is 2. The van der Waals surface area contributed by atoms with Crippen molar-refractivity contribution in [2.24, 2.45) is 0 Å². The van der Waals surface area contributed by atoms with Crippen molar-refractivity contribution < 1.29 is 14.3 Å². The van der Waals surface area contributed by atoms with Crippen molar-refractivity contribution >= 4 is 28.3 Å². The first-order valence-corrected chi connectivity index (χ1v) is 10.1. The Bertz CT molecular complexity index is 984. The second-order valence-corrected chi connectivity index (χ2v) is 7.84. The molecule has 1 amide bonds. The average Bonchev–Trinajstić information content (AvgIpc) is 3.07. The smallest absolute Gasteiger partial charge is 0.311 e. The molecule has 1 heterocycles. The lowest BCUT2D eigenvalue weighted by Gasteiger charge is -2.14. The molecule has 29 heavy (non-hydrogen) atoms. The van der Waals surface area contributed by atoms with Gasteiger partial charge >= 0.3 is 5.97 Å². The summed E-state index contributed by atoms with van der Waals surface area (Å²) in [6.07, 6.45) is 0.0135. The number of aryl methyl sites for hydroxylation is 1. The van der Waals surface area contributed by atoms with Crippen LogP contribution in [0.1, 0.15) is 29.0 Å². The van der Waals surface area contributed by atoms with Crippen LogP contribution < -0.4 is 11.1 Å². The molecule has 0 radical (unpaired) electrons. The molecular formula is C22H23N3O3S. The largest absolute Gasteiger partial charge is 0.455 e. The maximum atomic E-state index is 12.3. The number of rotatable bonds is 7. The molecule has 3 N–H and O–H groups in total. The minimum Gasteiger partial charge on any atom is -0.455 e. The molecule has 2 aromatic carbocycles. The summed E-state index contributed by atoms with van der Waals surface area (Å²) in [5, 5.41) is 3.20. The second-order valence-electron chi connectivity index (χ2n) is 6.73. The summed E-state index contributed by atoms with van der Waals surface area (Å²) in [6, 6.07) is 17.3. The molecule has 0 fully saturated rings. The van der Waals surface area contributed by atoms with Gasteiger partial charge in [0.25, 0.3) is 5.91 Å². The first-order valence-electron chi connectivity index (χ1n) is 9.24. The monoisotopic (exact) mass is 409 g/mol. The van der Waals surface area contributed by atoms with E-state index in [1.807, 2.05) is 68.4 Å². The zero-order valence-corrected chi connectivity index (χ0v) is 17.2. The maximum absolute atomic E-state index is 12.3. The van der Waals surface area contributed by atoms with Gasteiger partial charge in [0.1, 0.15) is 0 Å². The number of aromatic nitrogens is 1. The van der Waals surface area contributed by atoms with Gasteiger partial charge in [0.05, 0.1) is 18.2 Å². The predicted octanol–water partition coefficient (Wildman–Crippen LogP) is 3.66. The molecule has 7 heteroatoms. The van der Waals surface area contributed by atoms with Gasteiger partial charge in [-0.2, -0.15) is 0 Å². The third-order valence-electron chi connectivity index (χ3n) is 4.39. The molecular weight excluding hydrogens is 386 g/mol. The standard InChI is InChI=1S/C22H23N3O3S/c1-14-8-10-17(11-9-14)21-18(29-22(23)25-21)12-20(27)28-13-19(26)24-15(2)16-6-4-3-5-7-16/h3-11,15H,12-13H2,1-2H3,(H2,23,25)(H,24,26). The Labute approximate surface area is 173 Å².